The van der Waals surface area contributed by atoms with Gasteiger partial charge in [-0.3, -0.25) is 14.9 Å². The summed E-state index contributed by atoms with van der Waals surface area (Å²) < 4.78 is 81.2. The Morgan fingerprint density at radius 1 is 0.769 bits per heavy atom. The highest BCUT2D eigenvalue weighted by Gasteiger charge is 2.51. The van der Waals surface area contributed by atoms with Gasteiger partial charge in [-0.2, -0.15) is 0 Å². The van der Waals surface area contributed by atoms with Crippen molar-refractivity contribution in [1.82, 2.24) is 14.5 Å². The molecule has 4 aliphatic heterocycles. The summed E-state index contributed by atoms with van der Waals surface area (Å²) in [5.41, 5.74) is -0.510. The Labute approximate surface area is 212 Å². The zero-order chi connectivity index (χ0) is 27.2. The van der Waals surface area contributed by atoms with E-state index in [1.165, 1.54) is 9.13 Å². The maximum atomic E-state index is 14.6. The first-order valence-corrected chi connectivity index (χ1v) is 11.9. The molecule has 9 rings (SSSR count). The number of rotatable bonds is 1. The summed E-state index contributed by atoms with van der Waals surface area (Å²) in [6.45, 7) is -1.18. The first-order chi connectivity index (χ1) is 18.6. The van der Waals surface area contributed by atoms with Gasteiger partial charge in [0.15, 0.2) is 29.5 Å². The third-order valence-corrected chi connectivity index (χ3v) is 8.14. The fourth-order valence-corrected chi connectivity index (χ4v) is 6.68. The second kappa shape index (κ2) is 7.11. The van der Waals surface area contributed by atoms with Crippen molar-refractivity contribution < 1.29 is 46.5 Å². The molecule has 8 nitrogen and oxygen atoms in total. The Balaban J connectivity index is 1.78. The number of ether oxygens (including phenoxy) is 1. The van der Waals surface area contributed by atoms with Crippen molar-refractivity contribution in [2.45, 2.75) is 30.6 Å². The summed E-state index contributed by atoms with van der Waals surface area (Å²) in [6.07, 6.45) is -6.45. The second-order valence-corrected chi connectivity index (χ2v) is 9.98. The van der Waals surface area contributed by atoms with Gasteiger partial charge in [0.25, 0.3) is 11.8 Å². The highest BCUT2D eigenvalue weighted by atomic mass is 19.2. The fourth-order valence-electron chi connectivity index (χ4n) is 6.68. The molecule has 5 aromatic rings. The molecule has 198 valence electrons. The molecule has 3 unspecified atom stereocenters. The molecule has 39 heavy (non-hydrogen) atoms. The molecule has 13 heteroatoms. The Morgan fingerprint density at radius 2 is 1.26 bits per heavy atom. The fraction of sp³-hybridized carbons (Fsp3) is 0.231. The number of carbonyl (C=O) groups excluding carboxylic acids is 2. The van der Waals surface area contributed by atoms with Gasteiger partial charge in [0, 0.05) is 33.7 Å². The van der Waals surface area contributed by atoms with Crippen molar-refractivity contribution >= 4 is 55.4 Å². The first-order valence-electron chi connectivity index (χ1n) is 11.9. The normalized spacial score (nSPS) is 25.9. The molecule has 2 amide bonds. The van der Waals surface area contributed by atoms with E-state index in [-0.39, 0.29) is 54.7 Å². The zero-order valence-electron chi connectivity index (χ0n) is 19.3. The van der Waals surface area contributed by atoms with Crippen molar-refractivity contribution in [3.05, 3.63) is 58.7 Å². The lowest BCUT2D eigenvalue weighted by atomic mass is 9.93. The van der Waals surface area contributed by atoms with Crippen LogP contribution in [0, 0.1) is 23.3 Å². The van der Waals surface area contributed by atoms with E-state index in [0.717, 1.165) is 24.3 Å². The van der Waals surface area contributed by atoms with E-state index >= 15 is 0 Å². The van der Waals surface area contributed by atoms with Crippen LogP contribution in [0.5, 0.6) is 0 Å². The minimum atomic E-state index is -1.75. The number of nitrogens with one attached hydrogen (secondary N) is 1. The number of aromatic nitrogens is 2. The van der Waals surface area contributed by atoms with Crippen LogP contribution in [0.2, 0.25) is 0 Å². The van der Waals surface area contributed by atoms with E-state index in [0.29, 0.717) is 0 Å². The summed E-state index contributed by atoms with van der Waals surface area (Å²) in [5.74, 6) is -6.85. The minimum Gasteiger partial charge on any atom is -0.388 e. The first kappa shape index (κ1) is 22.9. The van der Waals surface area contributed by atoms with E-state index in [1.807, 2.05) is 0 Å². The number of carbonyl (C=O) groups is 2. The molecular weight excluding hydrogens is 529 g/mol. The summed E-state index contributed by atoms with van der Waals surface area (Å²) in [7, 11) is 0. The molecule has 1 fully saturated rings. The van der Waals surface area contributed by atoms with Gasteiger partial charge in [-0.1, -0.05) is 0 Å². The molecule has 5 atom stereocenters. The second-order valence-electron chi connectivity index (χ2n) is 9.98. The maximum absolute atomic E-state index is 14.6. The summed E-state index contributed by atoms with van der Waals surface area (Å²) in [6, 6.07) is 1.83. The molecule has 6 heterocycles. The van der Waals surface area contributed by atoms with Crippen LogP contribution < -0.4 is 5.32 Å². The highest BCUT2D eigenvalue weighted by Crippen LogP contribution is 2.52. The van der Waals surface area contributed by atoms with Crippen LogP contribution in [0.15, 0.2) is 24.3 Å². The summed E-state index contributed by atoms with van der Waals surface area (Å²) in [4.78, 5) is 26.3. The average Bonchev–Trinajstić information content (AvgIpc) is 3.47. The predicted molar refractivity (Wildman–Crippen MR) is 125 cm³/mol. The maximum Gasteiger partial charge on any atom is 0.259 e. The smallest absolute Gasteiger partial charge is 0.259 e. The third-order valence-electron chi connectivity index (χ3n) is 8.14. The molecule has 2 aromatic heterocycles. The predicted octanol–water partition coefficient (Wildman–Crippen LogP) is 3.49. The van der Waals surface area contributed by atoms with Crippen molar-refractivity contribution in [2.24, 2.45) is 0 Å². The lowest BCUT2D eigenvalue weighted by Gasteiger charge is -2.45. The number of hydrogen-bond acceptors (Lipinski definition) is 5. The summed E-state index contributed by atoms with van der Waals surface area (Å²) >= 11 is 0. The number of aliphatic hydroxyl groups is 2. The van der Waals surface area contributed by atoms with Gasteiger partial charge < -0.3 is 24.1 Å². The minimum absolute atomic E-state index is 0.00520. The molecule has 2 bridgehead atoms. The number of aliphatic hydroxyl groups excluding tert-OH is 2. The Morgan fingerprint density at radius 3 is 1.79 bits per heavy atom. The molecule has 1 saturated heterocycles. The van der Waals surface area contributed by atoms with E-state index in [4.69, 9.17) is 4.74 Å². The number of hydrogen-bond donors (Lipinski definition) is 3. The van der Waals surface area contributed by atoms with Crippen molar-refractivity contribution in [1.29, 1.82) is 0 Å². The Kier molecular flexibility index (Phi) is 4.17. The molecule has 0 saturated carbocycles. The van der Waals surface area contributed by atoms with Gasteiger partial charge >= 0.3 is 0 Å². The van der Waals surface area contributed by atoms with E-state index in [9.17, 15) is 41.8 Å². The number of benzene rings is 3. The summed E-state index contributed by atoms with van der Waals surface area (Å²) in [5, 5.41) is 24.5. The van der Waals surface area contributed by atoms with Crippen molar-refractivity contribution in [2.75, 3.05) is 6.67 Å². The molecule has 3 N–H and O–H groups in total. The topological polar surface area (TPSA) is 106 Å². The van der Waals surface area contributed by atoms with Gasteiger partial charge in [-0.15, -0.1) is 0 Å². The van der Waals surface area contributed by atoms with E-state index in [1.54, 1.807) is 0 Å². The monoisotopic (exact) mass is 543 g/mol. The number of amides is 2. The number of halogens is 5. The largest absolute Gasteiger partial charge is 0.388 e. The Bertz CT molecular complexity index is 2010. The number of alkyl halides is 1. The van der Waals surface area contributed by atoms with E-state index in [2.05, 4.69) is 5.32 Å². The van der Waals surface area contributed by atoms with Crippen LogP contribution in [0.25, 0.3) is 43.6 Å². The number of nitrogens with zero attached hydrogens (tertiary/aromatic N) is 2. The quantitative estimate of drug-likeness (QED) is 0.222. The number of imide groups is 1. The van der Waals surface area contributed by atoms with Gasteiger partial charge in [0.05, 0.1) is 39.2 Å². The van der Waals surface area contributed by atoms with Gasteiger partial charge in [0.2, 0.25) is 0 Å². The van der Waals surface area contributed by atoms with Crippen molar-refractivity contribution in [3.8, 4) is 0 Å². The SMILES string of the molecule is O=C1NC(=O)c2c1c1c3cc(F)c(F)cc3n3c1c1c2c2cc(F)c(F)cc2n1[C@@H]1OC(CF)[C@H]3C(O)C1O. The van der Waals surface area contributed by atoms with Crippen molar-refractivity contribution in [3.63, 3.8) is 0 Å². The molecular formula is C26H14F5N3O5. The molecule has 0 radical (unpaired) electrons. The van der Waals surface area contributed by atoms with Crippen LogP contribution in [-0.4, -0.2) is 56.1 Å². The Hall–Kier alpha value is -4.07. The van der Waals surface area contributed by atoms with Gasteiger partial charge in [-0.05, 0) is 12.1 Å². The standard InChI is InChI=1S/C26H14F5N3O5/c27-5-14-19-22(35)23(36)26(39-14)34-13-4-11(31)9(29)2-7(13)16-18-17(24(37)32-25(18)38)15-6-1-8(28)10(30)3-12(6)33(19)20(15)21(16)34/h1-4,14,19,22-23,26,35-36H,5H2,(H,32,37,38)/t14?,19-,22?,23?,26+/m0/s1. The lowest BCUT2D eigenvalue weighted by Crippen LogP contribution is -2.54. The van der Waals surface area contributed by atoms with Crippen LogP contribution in [-0.2, 0) is 4.74 Å². The molecule has 3 aromatic carbocycles. The molecule has 4 aliphatic rings. The third kappa shape index (κ3) is 2.49. The molecule has 0 spiro atoms. The average molecular weight is 543 g/mol. The van der Waals surface area contributed by atoms with Crippen LogP contribution in [0.1, 0.15) is 33.0 Å². The highest BCUT2D eigenvalue weighted by molar-refractivity contribution is 6.39. The molecule has 0 aliphatic carbocycles. The van der Waals surface area contributed by atoms with Crippen LogP contribution in [0.4, 0.5) is 22.0 Å². The van der Waals surface area contributed by atoms with Gasteiger partial charge in [0.1, 0.15) is 25.0 Å². The van der Waals surface area contributed by atoms with Gasteiger partial charge in [-0.25, -0.2) is 22.0 Å². The number of fused-ring (bicyclic) bond motifs is 9. The lowest BCUT2D eigenvalue weighted by molar-refractivity contribution is -0.221. The van der Waals surface area contributed by atoms with E-state index < -0.39 is 72.3 Å². The zero-order valence-corrected chi connectivity index (χ0v) is 19.3. The van der Waals surface area contributed by atoms with Crippen LogP contribution in [0.3, 0.4) is 0 Å². The van der Waals surface area contributed by atoms with Crippen LogP contribution >= 0.6 is 0 Å².